The summed E-state index contributed by atoms with van der Waals surface area (Å²) in [4.78, 5) is 6.55. The number of nitrogens with zero attached hydrogens (tertiary/aromatic N) is 4. The number of aromatic nitrogens is 4. The molecule has 1 unspecified atom stereocenters. The molecule has 0 aliphatic heterocycles. The highest BCUT2D eigenvalue weighted by molar-refractivity contribution is 7.92. The van der Waals surface area contributed by atoms with E-state index in [4.69, 9.17) is 4.74 Å². The Hall–Kier alpha value is -3.08. The molecule has 4 rings (SSSR count). The van der Waals surface area contributed by atoms with Crippen molar-refractivity contribution in [1.29, 1.82) is 0 Å². The molecule has 0 bridgehead atoms. The summed E-state index contributed by atoms with van der Waals surface area (Å²) < 4.78 is 63.8. The fraction of sp³-hybridized carbons (Fsp3) is 0.316. The van der Waals surface area contributed by atoms with Crippen LogP contribution in [-0.4, -0.2) is 34.3 Å². The molecule has 0 saturated heterocycles. The van der Waals surface area contributed by atoms with Crippen LogP contribution < -0.4 is 9.46 Å². The van der Waals surface area contributed by atoms with Crippen LogP contribution in [0.15, 0.2) is 47.9 Å². The van der Waals surface area contributed by atoms with Crippen LogP contribution >= 0.6 is 0 Å². The van der Waals surface area contributed by atoms with Gasteiger partial charge in [-0.25, -0.2) is 27.2 Å². The van der Waals surface area contributed by atoms with Gasteiger partial charge in [0.1, 0.15) is 29.0 Å². The van der Waals surface area contributed by atoms with Gasteiger partial charge in [0.15, 0.2) is 11.6 Å². The highest BCUT2D eigenvalue weighted by atomic mass is 32.2. The summed E-state index contributed by atoms with van der Waals surface area (Å²) in [6.45, 7) is 0. The van der Waals surface area contributed by atoms with Gasteiger partial charge in [0.25, 0.3) is 10.0 Å². The second-order valence-corrected chi connectivity index (χ2v) is 8.64. The maximum absolute atomic E-state index is 14.7. The molecule has 1 aromatic carbocycles. The van der Waals surface area contributed by atoms with Crippen molar-refractivity contribution in [3.63, 3.8) is 0 Å². The van der Waals surface area contributed by atoms with Gasteiger partial charge in [-0.1, -0.05) is 0 Å². The number of benzene rings is 1. The van der Waals surface area contributed by atoms with Crippen LogP contribution in [0.25, 0.3) is 0 Å². The van der Waals surface area contributed by atoms with E-state index in [9.17, 15) is 17.2 Å². The van der Waals surface area contributed by atoms with Crippen LogP contribution in [0, 0.1) is 11.6 Å². The van der Waals surface area contributed by atoms with Gasteiger partial charge in [0, 0.05) is 43.2 Å². The van der Waals surface area contributed by atoms with Gasteiger partial charge in [-0.15, -0.1) is 0 Å². The number of sulfonamides is 1. The topological polar surface area (TPSA) is 99.0 Å². The van der Waals surface area contributed by atoms with Gasteiger partial charge < -0.3 is 4.74 Å². The van der Waals surface area contributed by atoms with Gasteiger partial charge in [0.05, 0.1) is 0 Å². The lowest BCUT2D eigenvalue weighted by Crippen LogP contribution is -2.23. The molecule has 8 nitrogen and oxygen atoms in total. The fourth-order valence-corrected chi connectivity index (χ4v) is 4.75. The average Bonchev–Trinajstić information content (AvgIpc) is 3.33. The van der Waals surface area contributed by atoms with Crippen molar-refractivity contribution in [2.75, 3.05) is 4.72 Å². The molecule has 1 saturated carbocycles. The van der Waals surface area contributed by atoms with E-state index < -0.39 is 26.6 Å². The lowest BCUT2D eigenvalue weighted by molar-refractivity contribution is 0.178. The highest BCUT2D eigenvalue weighted by Gasteiger charge is 2.33. The number of nitrogens with one attached hydrogen (secondary N) is 1. The number of aryl methyl sites for hydroxylation is 1. The fourth-order valence-electron chi connectivity index (χ4n) is 3.67. The number of halogens is 2. The number of hydrogen-bond acceptors (Lipinski definition) is 6. The predicted molar refractivity (Wildman–Crippen MR) is 103 cm³/mol. The highest BCUT2D eigenvalue weighted by Crippen LogP contribution is 2.38. The molecule has 1 fully saturated rings. The molecule has 2 heterocycles. The summed E-state index contributed by atoms with van der Waals surface area (Å²) in [5, 5.41) is 4.15. The molecular weight excluding hydrogens is 416 g/mol. The zero-order valence-corrected chi connectivity index (χ0v) is 16.8. The second-order valence-electron chi connectivity index (χ2n) is 6.99. The van der Waals surface area contributed by atoms with E-state index >= 15 is 0 Å². The number of rotatable bonds is 6. The molecule has 0 amide bonds. The molecule has 1 aliphatic carbocycles. The Bertz CT molecular complexity index is 1150. The minimum Gasteiger partial charge on any atom is -0.487 e. The van der Waals surface area contributed by atoms with Crippen LogP contribution in [0.5, 0.6) is 5.75 Å². The van der Waals surface area contributed by atoms with Gasteiger partial charge in [-0.05, 0) is 31.4 Å². The van der Waals surface area contributed by atoms with Crippen LogP contribution in [-0.2, 0) is 17.1 Å². The first-order valence-electron chi connectivity index (χ1n) is 9.27. The van der Waals surface area contributed by atoms with Gasteiger partial charge in [-0.2, -0.15) is 5.10 Å². The van der Waals surface area contributed by atoms with E-state index in [0.29, 0.717) is 12.5 Å². The van der Waals surface area contributed by atoms with E-state index in [-0.39, 0.29) is 23.6 Å². The monoisotopic (exact) mass is 435 g/mol. The van der Waals surface area contributed by atoms with E-state index in [1.165, 1.54) is 12.3 Å². The van der Waals surface area contributed by atoms with Crippen molar-refractivity contribution < 1.29 is 21.9 Å². The van der Waals surface area contributed by atoms with Crippen LogP contribution in [0.2, 0.25) is 0 Å². The first-order valence-corrected chi connectivity index (χ1v) is 10.8. The third-order valence-corrected chi connectivity index (χ3v) is 6.44. The van der Waals surface area contributed by atoms with Crippen molar-refractivity contribution in [2.24, 2.45) is 7.05 Å². The Balaban J connectivity index is 1.58. The quantitative estimate of drug-likeness (QED) is 0.639. The number of ether oxygens (including phenoxy) is 1. The van der Waals surface area contributed by atoms with Crippen molar-refractivity contribution in [3.05, 3.63) is 60.3 Å². The van der Waals surface area contributed by atoms with E-state index in [1.807, 2.05) is 13.1 Å². The molecule has 2 atom stereocenters. The largest absolute Gasteiger partial charge is 0.487 e. The maximum Gasteiger partial charge on any atom is 0.266 e. The Kier molecular flexibility index (Phi) is 5.37. The zero-order valence-electron chi connectivity index (χ0n) is 16.0. The summed E-state index contributed by atoms with van der Waals surface area (Å²) in [7, 11) is -2.57. The molecule has 2 aromatic heterocycles. The Labute approximate surface area is 172 Å². The van der Waals surface area contributed by atoms with E-state index in [0.717, 1.165) is 30.9 Å². The van der Waals surface area contributed by atoms with Crippen molar-refractivity contribution in [2.45, 2.75) is 36.2 Å². The molecule has 1 N–H and O–H groups in total. The van der Waals surface area contributed by atoms with Gasteiger partial charge in [-0.3, -0.25) is 9.40 Å². The molecule has 0 spiro atoms. The molecule has 1 aliphatic rings. The molecule has 11 heteroatoms. The third-order valence-electron chi connectivity index (χ3n) is 5.07. The summed E-state index contributed by atoms with van der Waals surface area (Å²) in [6.07, 6.45) is 6.15. The Morgan fingerprint density at radius 2 is 2.00 bits per heavy atom. The second kappa shape index (κ2) is 7.98. The smallest absolute Gasteiger partial charge is 0.266 e. The standard InChI is InChI=1S/C19H19F2N5O3S/c1-26-15(5-8-24-26)12-3-2-4-16(12)29-17-9-14(21)18(10-13(17)20)30(27,28)25-19-6-7-22-11-23-19/h5-12,16H,2-4H2,1H3,(H,22,23,25)/t12?,16-/m0/s1. The SMILES string of the molecule is Cn1nccc1C1CCC[C@@H]1Oc1cc(F)c(S(=O)(=O)Nc2ccncn2)cc1F. The van der Waals surface area contributed by atoms with Crippen LogP contribution in [0.4, 0.5) is 14.6 Å². The maximum atomic E-state index is 14.7. The summed E-state index contributed by atoms with van der Waals surface area (Å²) in [5.74, 6) is -2.48. The minimum atomic E-state index is -4.38. The summed E-state index contributed by atoms with van der Waals surface area (Å²) >= 11 is 0. The Morgan fingerprint density at radius 3 is 2.70 bits per heavy atom. The normalized spacial score (nSPS) is 19.0. The molecule has 0 radical (unpaired) electrons. The number of hydrogen-bond donors (Lipinski definition) is 1. The summed E-state index contributed by atoms with van der Waals surface area (Å²) in [6, 6.07) is 4.55. The van der Waals surface area contributed by atoms with Crippen LogP contribution in [0.1, 0.15) is 30.9 Å². The first-order chi connectivity index (χ1) is 14.3. The summed E-state index contributed by atoms with van der Waals surface area (Å²) in [5.41, 5.74) is 0.951. The van der Waals surface area contributed by atoms with Crippen LogP contribution in [0.3, 0.4) is 0 Å². The molecular formula is C19H19F2N5O3S. The lowest BCUT2D eigenvalue weighted by Gasteiger charge is -2.22. The van der Waals surface area contributed by atoms with E-state index in [1.54, 1.807) is 10.9 Å². The minimum absolute atomic E-state index is 0.0113. The predicted octanol–water partition coefficient (Wildman–Crippen LogP) is 3.00. The van der Waals surface area contributed by atoms with Crippen molar-refractivity contribution >= 4 is 15.8 Å². The van der Waals surface area contributed by atoms with Gasteiger partial charge in [0.2, 0.25) is 0 Å². The molecule has 3 aromatic rings. The Morgan fingerprint density at radius 1 is 1.17 bits per heavy atom. The zero-order chi connectivity index (χ0) is 21.3. The van der Waals surface area contributed by atoms with Crippen molar-refractivity contribution in [1.82, 2.24) is 19.7 Å². The van der Waals surface area contributed by atoms with Crippen molar-refractivity contribution in [3.8, 4) is 5.75 Å². The average molecular weight is 435 g/mol. The van der Waals surface area contributed by atoms with E-state index in [2.05, 4.69) is 19.8 Å². The molecule has 158 valence electrons. The molecule has 30 heavy (non-hydrogen) atoms. The lowest BCUT2D eigenvalue weighted by atomic mass is 10.0. The van der Waals surface area contributed by atoms with Gasteiger partial charge >= 0.3 is 0 Å². The first kappa shape index (κ1) is 20.2. The third kappa shape index (κ3) is 3.97. The number of anilines is 1.